The minimum absolute atomic E-state index is 0.565. The van der Waals surface area contributed by atoms with Crippen molar-refractivity contribution in [3.05, 3.63) is 0 Å². The summed E-state index contributed by atoms with van der Waals surface area (Å²) < 4.78 is 5.23. The maximum Gasteiger partial charge on any atom is 0.191 e. The lowest BCUT2D eigenvalue weighted by Crippen LogP contribution is -2.42. The van der Waals surface area contributed by atoms with Gasteiger partial charge in [-0.2, -0.15) is 0 Å². The summed E-state index contributed by atoms with van der Waals surface area (Å²) in [6, 6.07) is 1.32. The fraction of sp³-hybridized carbons (Fsp3) is 0.950. The molecule has 26 heavy (non-hydrogen) atoms. The van der Waals surface area contributed by atoms with Crippen molar-refractivity contribution in [1.82, 2.24) is 20.4 Å². The summed E-state index contributed by atoms with van der Waals surface area (Å²) in [7, 11) is 1.78. The Labute approximate surface area is 160 Å². The summed E-state index contributed by atoms with van der Waals surface area (Å²) >= 11 is 0. The fourth-order valence-corrected chi connectivity index (χ4v) is 4.12. The zero-order chi connectivity index (χ0) is 18.6. The molecule has 0 aliphatic carbocycles. The number of hydrogen-bond acceptors (Lipinski definition) is 4. The number of piperidine rings is 1. The molecule has 2 unspecified atom stereocenters. The van der Waals surface area contributed by atoms with Gasteiger partial charge in [0.1, 0.15) is 0 Å². The number of hydrogen-bond donors (Lipinski definition) is 2. The molecule has 0 aromatic heterocycles. The Kier molecular flexibility index (Phi) is 10.3. The molecule has 6 heteroatoms. The third-order valence-corrected chi connectivity index (χ3v) is 5.74. The van der Waals surface area contributed by atoms with Crippen molar-refractivity contribution in [2.24, 2.45) is 4.99 Å². The van der Waals surface area contributed by atoms with Crippen LogP contribution < -0.4 is 10.6 Å². The standard InChI is InChI=1S/C20H41N5O/c1-4-21-20(22-11-8-14-24-12-6-5-9-18(24)2)23-17-19-10-7-13-25(19)15-16-26-3/h18-19H,4-17H2,1-3H3,(H2,21,22,23). The number of ether oxygens (including phenoxy) is 1. The predicted molar refractivity (Wildman–Crippen MR) is 110 cm³/mol. The summed E-state index contributed by atoms with van der Waals surface area (Å²) in [6.07, 6.45) is 7.83. The first-order chi connectivity index (χ1) is 12.7. The quantitative estimate of drug-likeness (QED) is 0.351. The normalized spacial score (nSPS) is 25.6. The van der Waals surface area contributed by atoms with E-state index < -0.39 is 0 Å². The fourth-order valence-electron chi connectivity index (χ4n) is 4.12. The van der Waals surface area contributed by atoms with E-state index in [1.807, 2.05) is 0 Å². The van der Waals surface area contributed by atoms with Crippen LogP contribution in [0.1, 0.15) is 52.4 Å². The number of nitrogens with one attached hydrogen (secondary N) is 2. The SMILES string of the molecule is CCNC(=NCC1CCCN1CCOC)NCCCN1CCCCC1C. The maximum atomic E-state index is 5.23. The zero-order valence-electron chi connectivity index (χ0n) is 17.3. The molecule has 2 aliphatic heterocycles. The Morgan fingerprint density at radius 1 is 1.08 bits per heavy atom. The first-order valence-corrected chi connectivity index (χ1v) is 10.7. The molecule has 2 fully saturated rings. The second-order valence-corrected chi connectivity index (χ2v) is 7.71. The Morgan fingerprint density at radius 2 is 1.92 bits per heavy atom. The van der Waals surface area contributed by atoms with Gasteiger partial charge in [-0.05, 0) is 59.0 Å². The van der Waals surface area contributed by atoms with E-state index in [1.54, 1.807) is 7.11 Å². The van der Waals surface area contributed by atoms with Gasteiger partial charge in [0, 0.05) is 45.4 Å². The van der Waals surface area contributed by atoms with Gasteiger partial charge in [-0.1, -0.05) is 6.42 Å². The molecule has 0 aromatic carbocycles. The van der Waals surface area contributed by atoms with Gasteiger partial charge in [0.25, 0.3) is 0 Å². The largest absolute Gasteiger partial charge is 0.383 e. The molecule has 0 saturated carbocycles. The minimum Gasteiger partial charge on any atom is -0.383 e. The summed E-state index contributed by atoms with van der Waals surface area (Å²) in [4.78, 5) is 10.0. The average Bonchev–Trinajstić information content (AvgIpc) is 3.10. The highest BCUT2D eigenvalue weighted by molar-refractivity contribution is 5.79. The van der Waals surface area contributed by atoms with Gasteiger partial charge in [0.2, 0.25) is 0 Å². The molecule has 0 bridgehead atoms. The van der Waals surface area contributed by atoms with Crippen molar-refractivity contribution in [2.75, 3.05) is 59.5 Å². The molecule has 2 aliphatic rings. The van der Waals surface area contributed by atoms with Crippen molar-refractivity contribution < 1.29 is 4.74 Å². The topological polar surface area (TPSA) is 52.1 Å². The third kappa shape index (κ3) is 7.41. The van der Waals surface area contributed by atoms with E-state index in [4.69, 9.17) is 9.73 Å². The van der Waals surface area contributed by atoms with Crippen LogP contribution in [-0.2, 0) is 4.74 Å². The van der Waals surface area contributed by atoms with Gasteiger partial charge >= 0.3 is 0 Å². The average molecular weight is 368 g/mol. The van der Waals surface area contributed by atoms with Crippen molar-refractivity contribution >= 4 is 5.96 Å². The van der Waals surface area contributed by atoms with Crippen LogP contribution in [0.4, 0.5) is 0 Å². The molecule has 2 saturated heterocycles. The van der Waals surface area contributed by atoms with Gasteiger partial charge in [0.15, 0.2) is 5.96 Å². The Bertz CT molecular complexity index is 404. The van der Waals surface area contributed by atoms with Crippen molar-refractivity contribution in [1.29, 1.82) is 0 Å². The molecule has 0 aromatic rings. The monoisotopic (exact) mass is 367 g/mol. The number of nitrogens with zero attached hydrogens (tertiary/aromatic N) is 3. The molecule has 2 N–H and O–H groups in total. The summed E-state index contributed by atoms with van der Waals surface area (Å²) in [6.45, 7) is 12.8. The van der Waals surface area contributed by atoms with Crippen molar-refractivity contribution in [3.63, 3.8) is 0 Å². The highest BCUT2D eigenvalue weighted by atomic mass is 16.5. The predicted octanol–water partition coefficient (Wildman–Crippen LogP) is 1.92. The smallest absolute Gasteiger partial charge is 0.191 e. The van der Waals surface area contributed by atoms with Crippen LogP contribution >= 0.6 is 0 Å². The summed E-state index contributed by atoms with van der Waals surface area (Å²) in [5.74, 6) is 0.970. The van der Waals surface area contributed by atoms with Gasteiger partial charge in [-0.25, -0.2) is 0 Å². The van der Waals surface area contributed by atoms with E-state index in [-0.39, 0.29) is 0 Å². The molecular formula is C20H41N5O. The number of likely N-dealkylation sites (tertiary alicyclic amines) is 2. The van der Waals surface area contributed by atoms with E-state index in [1.165, 1.54) is 58.2 Å². The van der Waals surface area contributed by atoms with Crippen LogP contribution in [0.3, 0.4) is 0 Å². The highest BCUT2D eigenvalue weighted by Crippen LogP contribution is 2.17. The van der Waals surface area contributed by atoms with Gasteiger partial charge < -0.3 is 20.3 Å². The zero-order valence-corrected chi connectivity index (χ0v) is 17.3. The van der Waals surface area contributed by atoms with Crippen molar-refractivity contribution in [2.45, 2.75) is 64.5 Å². The minimum atomic E-state index is 0.565. The first kappa shape index (κ1) is 21.5. The lowest BCUT2D eigenvalue weighted by Gasteiger charge is -2.33. The second-order valence-electron chi connectivity index (χ2n) is 7.71. The number of methoxy groups -OCH3 is 1. The number of guanidine groups is 1. The molecule has 2 atom stereocenters. The molecule has 152 valence electrons. The van der Waals surface area contributed by atoms with E-state index >= 15 is 0 Å². The van der Waals surface area contributed by atoms with Crippen molar-refractivity contribution in [3.8, 4) is 0 Å². The number of aliphatic imine (C=N–C) groups is 1. The van der Waals surface area contributed by atoms with E-state index in [9.17, 15) is 0 Å². The number of rotatable bonds is 10. The van der Waals surface area contributed by atoms with Gasteiger partial charge in [-0.3, -0.25) is 9.89 Å². The summed E-state index contributed by atoms with van der Waals surface area (Å²) in [5.41, 5.74) is 0. The van der Waals surface area contributed by atoms with Crippen LogP contribution in [0.5, 0.6) is 0 Å². The van der Waals surface area contributed by atoms with Crippen LogP contribution in [0.15, 0.2) is 4.99 Å². The van der Waals surface area contributed by atoms with Gasteiger partial charge in [-0.15, -0.1) is 0 Å². The maximum absolute atomic E-state index is 5.23. The third-order valence-electron chi connectivity index (χ3n) is 5.74. The van der Waals surface area contributed by atoms with E-state index in [0.29, 0.717) is 6.04 Å². The van der Waals surface area contributed by atoms with E-state index in [0.717, 1.165) is 44.8 Å². The first-order valence-electron chi connectivity index (χ1n) is 10.7. The highest BCUT2D eigenvalue weighted by Gasteiger charge is 2.23. The summed E-state index contributed by atoms with van der Waals surface area (Å²) in [5, 5.41) is 6.92. The lowest BCUT2D eigenvalue weighted by molar-refractivity contribution is 0.142. The Hall–Kier alpha value is -0.850. The van der Waals surface area contributed by atoms with Crippen LogP contribution in [0, 0.1) is 0 Å². The van der Waals surface area contributed by atoms with Gasteiger partial charge in [0.05, 0.1) is 13.2 Å². The Balaban J connectivity index is 1.70. The van der Waals surface area contributed by atoms with Crippen LogP contribution in [-0.4, -0.2) is 87.4 Å². The molecule has 6 nitrogen and oxygen atoms in total. The van der Waals surface area contributed by atoms with Crippen LogP contribution in [0.25, 0.3) is 0 Å². The molecule has 2 rings (SSSR count). The Morgan fingerprint density at radius 3 is 2.69 bits per heavy atom. The molecular weight excluding hydrogens is 326 g/mol. The molecule has 0 spiro atoms. The lowest BCUT2D eigenvalue weighted by atomic mass is 10.0. The molecule has 0 radical (unpaired) electrons. The molecule has 0 amide bonds. The molecule has 2 heterocycles. The van der Waals surface area contributed by atoms with E-state index in [2.05, 4.69) is 34.3 Å². The van der Waals surface area contributed by atoms with Crippen LogP contribution in [0.2, 0.25) is 0 Å². The second kappa shape index (κ2) is 12.5.